The highest BCUT2D eigenvalue weighted by Crippen LogP contribution is 2.22. The van der Waals surface area contributed by atoms with Crippen molar-refractivity contribution in [2.75, 3.05) is 6.54 Å². The monoisotopic (exact) mass is 191 g/mol. The van der Waals surface area contributed by atoms with Gasteiger partial charge >= 0.3 is 0 Å². The molecule has 0 fully saturated rings. The largest absolute Gasteiger partial charge is 0.330 e. The smallest absolute Gasteiger partial charge is 0.000834 e. The Kier molecular flexibility index (Phi) is 4.15. The van der Waals surface area contributed by atoms with Gasteiger partial charge in [0.1, 0.15) is 0 Å². The van der Waals surface area contributed by atoms with E-state index in [-0.39, 0.29) is 0 Å². The Bertz CT molecular complexity index is 274. The maximum atomic E-state index is 5.74. The Morgan fingerprint density at radius 2 is 1.86 bits per heavy atom. The molecule has 1 rings (SSSR count). The molecule has 0 amide bonds. The summed E-state index contributed by atoms with van der Waals surface area (Å²) < 4.78 is 0. The molecule has 2 N–H and O–H groups in total. The molecule has 0 aromatic heterocycles. The fraction of sp³-hybridized carbons (Fsp3) is 0.538. The minimum absolute atomic E-state index is 0.522. The van der Waals surface area contributed by atoms with E-state index < -0.39 is 0 Å². The molecule has 0 saturated carbocycles. The number of rotatable bonds is 4. The zero-order chi connectivity index (χ0) is 10.6. The van der Waals surface area contributed by atoms with Crippen molar-refractivity contribution in [2.45, 2.75) is 39.0 Å². The van der Waals surface area contributed by atoms with Crippen molar-refractivity contribution >= 4 is 0 Å². The van der Waals surface area contributed by atoms with Gasteiger partial charge in [0, 0.05) is 0 Å². The number of nitrogens with two attached hydrogens (primary N) is 1. The van der Waals surface area contributed by atoms with Gasteiger partial charge < -0.3 is 5.73 Å². The van der Waals surface area contributed by atoms with Crippen molar-refractivity contribution in [3.05, 3.63) is 35.4 Å². The highest BCUT2D eigenvalue weighted by atomic mass is 14.5. The molecule has 0 aliphatic rings. The fourth-order valence-electron chi connectivity index (χ4n) is 1.71. The molecule has 1 atom stereocenters. The van der Waals surface area contributed by atoms with Crippen molar-refractivity contribution in [1.29, 1.82) is 0 Å². The summed E-state index contributed by atoms with van der Waals surface area (Å²) in [6.45, 7) is 7.39. The molecule has 0 unspecified atom stereocenters. The molecule has 0 aliphatic heterocycles. The molecule has 1 nitrogen and oxygen atoms in total. The summed E-state index contributed by atoms with van der Waals surface area (Å²) in [4.78, 5) is 0. The van der Waals surface area contributed by atoms with Gasteiger partial charge in [-0.15, -0.1) is 0 Å². The van der Waals surface area contributed by atoms with Crippen molar-refractivity contribution < 1.29 is 0 Å². The van der Waals surface area contributed by atoms with Gasteiger partial charge in [-0.25, -0.2) is 0 Å². The molecule has 1 heteroatoms. The third kappa shape index (κ3) is 2.58. The predicted octanol–water partition coefficient (Wildman–Crippen LogP) is 3.26. The van der Waals surface area contributed by atoms with E-state index in [1.165, 1.54) is 11.1 Å². The molecule has 0 saturated heterocycles. The van der Waals surface area contributed by atoms with Gasteiger partial charge in [0.25, 0.3) is 0 Å². The molecule has 0 bridgehead atoms. The zero-order valence-corrected chi connectivity index (χ0v) is 9.46. The van der Waals surface area contributed by atoms with Gasteiger partial charge in [0.2, 0.25) is 0 Å². The van der Waals surface area contributed by atoms with Crippen LogP contribution in [0.5, 0.6) is 0 Å². The molecule has 0 spiro atoms. The molecule has 0 heterocycles. The summed E-state index contributed by atoms with van der Waals surface area (Å²) in [6.07, 6.45) is 1.12. The summed E-state index contributed by atoms with van der Waals surface area (Å²) in [5.74, 6) is 1.12. The first-order valence-corrected chi connectivity index (χ1v) is 5.49. The highest BCUT2D eigenvalue weighted by molar-refractivity contribution is 5.28. The second-order valence-electron chi connectivity index (χ2n) is 4.17. The third-order valence-electron chi connectivity index (χ3n) is 2.83. The summed E-state index contributed by atoms with van der Waals surface area (Å²) in [7, 11) is 0. The van der Waals surface area contributed by atoms with Crippen LogP contribution in [0.15, 0.2) is 24.3 Å². The maximum Gasteiger partial charge on any atom is -0.000834 e. The van der Waals surface area contributed by atoms with Gasteiger partial charge in [-0.1, -0.05) is 45.0 Å². The van der Waals surface area contributed by atoms with Crippen LogP contribution in [0.2, 0.25) is 0 Å². The normalized spacial score (nSPS) is 13.2. The SMILES string of the molecule is CC[C@H](CN)c1cccc(C(C)C)c1. The van der Waals surface area contributed by atoms with Crippen LogP contribution in [-0.2, 0) is 0 Å². The predicted molar refractivity (Wildman–Crippen MR) is 62.6 cm³/mol. The topological polar surface area (TPSA) is 26.0 Å². The first kappa shape index (κ1) is 11.3. The van der Waals surface area contributed by atoms with Gasteiger partial charge in [-0.3, -0.25) is 0 Å². The Hall–Kier alpha value is -0.820. The molecule has 0 aliphatic carbocycles. The van der Waals surface area contributed by atoms with Gasteiger partial charge in [-0.2, -0.15) is 0 Å². The lowest BCUT2D eigenvalue weighted by Gasteiger charge is -2.15. The van der Waals surface area contributed by atoms with E-state index in [0.29, 0.717) is 11.8 Å². The van der Waals surface area contributed by atoms with Crippen molar-refractivity contribution in [2.24, 2.45) is 5.73 Å². The Labute approximate surface area is 87.3 Å². The Morgan fingerprint density at radius 3 is 2.36 bits per heavy atom. The highest BCUT2D eigenvalue weighted by Gasteiger charge is 2.08. The number of benzene rings is 1. The number of hydrogen-bond acceptors (Lipinski definition) is 1. The van der Waals surface area contributed by atoms with Crippen molar-refractivity contribution in [1.82, 2.24) is 0 Å². The second kappa shape index (κ2) is 5.16. The van der Waals surface area contributed by atoms with Crippen LogP contribution in [0.3, 0.4) is 0 Å². The third-order valence-corrected chi connectivity index (χ3v) is 2.83. The maximum absolute atomic E-state index is 5.74. The number of hydrogen-bond donors (Lipinski definition) is 1. The van der Waals surface area contributed by atoms with Crippen LogP contribution in [0.1, 0.15) is 50.2 Å². The first-order valence-electron chi connectivity index (χ1n) is 5.49. The second-order valence-corrected chi connectivity index (χ2v) is 4.17. The Morgan fingerprint density at radius 1 is 1.21 bits per heavy atom. The molecule has 14 heavy (non-hydrogen) atoms. The van der Waals surface area contributed by atoms with E-state index in [2.05, 4.69) is 45.0 Å². The van der Waals surface area contributed by atoms with Crippen LogP contribution in [0.25, 0.3) is 0 Å². The molecular weight excluding hydrogens is 170 g/mol. The van der Waals surface area contributed by atoms with E-state index in [0.717, 1.165) is 13.0 Å². The minimum atomic E-state index is 0.522. The van der Waals surface area contributed by atoms with Crippen molar-refractivity contribution in [3.8, 4) is 0 Å². The van der Waals surface area contributed by atoms with Crippen LogP contribution >= 0.6 is 0 Å². The van der Waals surface area contributed by atoms with Crippen LogP contribution in [-0.4, -0.2) is 6.54 Å². The summed E-state index contributed by atoms with van der Waals surface area (Å²) in [6, 6.07) is 8.82. The van der Waals surface area contributed by atoms with E-state index in [1.54, 1.807) is 0 Å². The van der Waals surface area contributed by atoms with Crippen molar-refractivity contribution in [3.63, 3.8) is 0 Å². The summed E-state index contributed by atoms with van der Waals surface area (Å²) in [5.41, 5.74) is 8.54. The van der Waals surface area contributed by atoms with Gasteiger partial charge in [-0.05, 0) is 35.9 Å². The van der Waals surface area contributed by atoms with E-state index >= 15 is 0 Å². The lowest BCUT2D eigenvalue weighted by atomic mass is 9.92. The standard InChI is InChI=1S/C13H21N/c1-4-11(9-14)13-7-5-6-12(8-13)10(2)3/h5-8,10-11H,4,9,14H2,1-3H3/t11-/m1/s1. The van der Waals surface area contributed by atoms with Crippen LogP contribution in [0, 0.1) is 0 Å². The molecule has 78 valence electrons. The average Bonchev–Trinajstić information content (AvgIpc) is 2.20. The summed E-state index contributed by atoms with van der Waals surface area (Å²) in [5, 5.41) is 0. The van der Waals surface area contributed by atoms with E-state index in [1.807, 2.05) is 0 Å². The minimum Gasteiger partial charge on any atom is -0.330 e. The van der Waals surface area contributed by atoms with Gasteiger partial charge in [0.15, 0.2) is 0 Å². The molecular formula is C13H21N. The zero-order valence-electron chi connectivity index (χ0n) is 9.46. The van der Waals surface area contributed by atoms with Crippen LogP contribution in [0.4, 0.5) is 0 Å². The van der Waals surface area contributed by atoms with Gasteiger partial charge in [0.05, 0.1) is 0 Å². The molecule has 1 aromatic rings. The Balaban J connectivity index is 2.92. The lowest BCUT2D eigenvalue weighted by molar-refractivity contribution is 0.672. The van der Waals surface area contributed by atoms with Crippen LogP contribution < -0.4 is 5.73 Å². The van der Waals surface area contributed by atoms with E-state index in [4.69, 9.17) is 5.73 Å². The average molecular weight is 191 g/mol. The van der Waals surface area contributed by atoms with E-state index in [9.17, 15) is 0 Å². The fourth-order valence-corrected chi connectivity index (χ4v) is 1.71. The lowest BCUT2D eigenvalue weighted by Crippen LogP contribution is -2.11. The molecule has 0 radical (unpaired) electrons. The molecule has 1 aromatic carbocycles. The first-order chi connectivity index (χ1) is 6.69. The summed E-state index contributed by atoms with van der Waals surface area (Å²) >= 11 is 0. The quantitative estimate of drug-likeness (QED) is 0.776.